The van der Waals surface area contributed by atoms with Gasteiger partial charge in [-0.2, -0.15) is 0 Å². The third-order valence-corrected chi connectivity index (χ3v) is 2.48. The summed E-state index contributed by atoms with van der Waals surface area (Å²) in [5, 5.41) is 12.8. The minimum Gasteiger partial charge on any atom is -0.437 e. The molecular weight excluding hydrogens is 198 g/mol. The number of methoxy groups -OCH3 is 1. The van der Waals surface area contributed by atoms with Gasteiger partial charge in [0.25, 0.3) is 0 Å². The quantitative estimate of drug-likeness (QED) is 0.625. The van der Waals surface area contributed by atoms with Gasteiger partial charge in [-0.25, -0.2) is 4.79 Å². The van der Waals surface area contributed by atoms with Crippen molar-refractivity contribution >= 4 is 6.16 Å². The lowest BCUT2D eigenvalue weighted by molar-refractivity contribution is -0.242. The lowest BCUT2D eigenvalue weighted by Crippen LogP contribution is -2.47. The molecule has 0 aromatic rings. The van der Waals surface area contributed by atoms with Crippen LogP contribution in [0.5, 0.6) is 0 Å². The van der Waals surface area contributed by atoms with Crippen molar-refractivity contribution in [1.29, 1.82) is 0 Å². The van der Waals surface area contributed by atoms with E-state index in [-0.39, 0.29) is 0 Å². The first-order valence-corrected chi connectivity index (χ1v) is 4.68. The Hall–Kier alpha value is -1.07. The maximum absolute atomic E-state index is 11.9. The summed E-state index contributed by atoms with van der Waals surface area (Å²) in [5.74, 6) is 0.328. The van der Waals surface area contributed by atoms with Gasteiger partial charge in [0.1, 0.15) is 11.3 Å². The van der Waals surface area contributed by atoms with E-state index in [1.807, 2.05) is 0 Å². The van der Waals surface area contributed by atoms with Gasteiger partial charge in [-0.15, -0.1) is 10.3 Å². The monoisotopic (exact) mass is 214 g/mol. The molecule has 0 unspecified atom stereocenters. The van der Waals surface area contributed by atoms with Crippen molar-refractivity contribution in [1.82, 2.24) is 5.06 Å². The van der Waals surface area contributed by atoms with E-state index in [0.717, 1.165) is 5.06 Å². The Morgan fingerprint density at radius 2 is 1.87 bits per heavy atom. The summed E-state index contributed by atoms with van der Waals surface area (Å²) in [7, 11) is 1.23. The molecule has 1 aliphatic rings. The van der Waals surface area contributed by atoms with Crippen molar-refractivity contribution in [3.63, 3.8) is 0 Å². The average molecular weight is 214 g/mol. The number of ether oxygens (including phenoxy) is 2. The van der Waals surface area contributed by atoms with Gasteiger partial charge < -0.3 is 9.47 Å². The number of carbonyl (C=O) groups is 1. The highest BCUT2D eigenvalue weighted by atomic mass is 16.7. The van der Waals surface area contributed by atoms with Crippen LogP contribution in [0.1, 0.15) is 27.7 Å². The van der Waals surface area contributed by atoms with Gasteiger partial charge in [0.2, 0.25) is 0 Å². The SMILES string of the molecule is COC(=O)OC1=CC(C)(C)N([O])C1(C)C. The molecule has 0 N–H and O–H groups in total. The Bertz CT molecular complexity index is 307. The topological polar surface area (TPSA) is 58.7 Å². The van der Waals surface area contributed by atoms with Crippen LogP contribution in [-0.2, 0) is 14.7 Å². The molecule has 15 heavy (non-hydrogen) atoms. The number of carbonyl (C=O) groups excluding carboxylic acids is 1. The Kier molecular flexibility index (Phi) is 2.80. The molecule has 0 saturated heterocycles. The summed E-state index contributed by atoms with van der Waals surface area (Å²) in [4.78, 5) is 11.0. The largest absolute Gasteiger partial charge is 0.513 e. The van der Waals surface area contributed by atoms with Crippen LogP contribution in [0.4, 0.5) is 4.79 Å². The molecule has 0 fully saturated rings. The van der Waals surface area contributed by atoms with Crippen molar-refractivity contribution in [2.24, 2.45) is 0 Å². The van der Waals surface area contributed by atoms with Gasteiger partial charge >= 0.3 is 6.16 Å². The first-order valence-electron chi connectivity index (χ1n) is 4.68. The standard InChI is InChI=1S/C10H16NO4/c1-9(2)6-7(15-8(12)14-5)10(3,4)11(9)13/h6H,1-5H3. The molecule has 0 spiro atoms. The number of hydrogen-bond acceptors (Lipinski definition) is 4. The van der Waals surface area contributed by atoms with E-state index in [0.29, 0.717) is 5.76 Å². The van der Waals surface area contributed by atoms with Gasteiger partial charge in [-0.1, -0.05) is 0 Å². The highest BCUT2D eigenvalue weighted by Crippen LogP contribution is 2.39. The second-order valence-electron chi connectivity index (χ2n) is 4.57. The maximum atomic E-state index is 11.9. The number of rotatable bonds is 1. The minimum absolute atomic E-state index is 0.328. The smallest absolute Gasteiger partial charge is 0.437 e. The molecule has 1 aliphatic heterocycles. The fourth-order valence-corrected chi connectivity index (χ4v) is 1.66. The molecule has 0 aromatic heterocycles. The maximum Gasteiger partial charge on any atom is 0.513 e. The van der Waals surface area contributed by atoms with Crippen molar-refractivity contribution in [3.8, 4) is 0 Å². The molecule has 85 valence electrons. The molecular formula is C10H16NO4. The van der Waals surface area contributed by atoms with Crippen LogP contribution in [-0.4, -0.2) is 29.4 Å². The normalized spacial score (nSPS) is 23.5. The fraction of sp³-hybridized carbons (Fsp3) is 0.700. The van der Waals surface area contributed by atoms with Gasteiger partial charge in [0.15, 0.2) is 0 Å². The van der Waals surface area contributed by atoms with Crippen LogP contribution in [0.3, 0.4) is 0 Å². The minimum atomic E-state index is -0.850. The Balaban J connectivity index is 2.93. The zero-order chi connectivity index (χ0) is 11.9. The highest BCUT2D eigenvalue weighted by Gasteiger charge is 2.48. The van der Waals surface area contributed by atoms with Crippen LogP contribution < -0.4 is 0 Å². The lowest BCUT2D eigenvalue weighted by Gasteiger charge is -2.32. The van der Waals surface area contributed by atoms with Crippen molar-refractivity contribution in [3.05, 3.63) is 11.8 Å². The molecule has 0 aliphatic carbocycles. The van der Waals surface area contributed by atoms with E-state index < -0.39 is 17.2 Å². The fourth-order valence-electron chi connectivity index (χ4n) is 1.66. The van der Waals surface area contributed by atoms with Gasteiger partial charge in [-0.3, -0.25) is 0 Å². The molecule has 0 amide bonds. The van der Waals surface area contributed by atoms with Crippen LogP contribution in [0.25, 0.3) is 0 Å². The summed E-state index contributed by atoms with van der Waals surface area (Å²) in [6.45, 7) is 6.91. The molecule has 1 radical (unpaired) electrons. The van der Waals surface area contributed by atoms with Gasteiger partial charge in [0.05, 0.1) is 12.6 Å². The number of hydrogen-bond donors (Lipinski definition) is 0. The summed E-state index contributed by atoms with van der Waals surface area (Å²) in [6.07, 6.45) is 0.831. The molecule has 1 rings (SSSR count). The van der Waals surface area contributed by atoms with Crippen LogP contribution in [0.2, 0.25) is 0 Å². The van der Waals surface area contributed by atoms with E-state index in [2.05, 4.69) is 4.74 Å². The van der Waals surface area contributed by atoms with Crippen molar-refractivity contribution in [2.75, 3.05) is 7.11 Å². The molecule has 0 saturated carbocycles. The zero-order valence-electron chi connectivity index (χ0n) is 9.66. The Morgan fingerprint density at radius 3 is 2.20 bits per heavy atom. The Morgan fingerprint density at radius 1 is 1.33 bits per heavy atom. The van der Waals surface area contributed by atoms with E-state index in [9.17, 15) is 10.0 Å². The predicted molar refractivity (Wildman–Crippen MR) is 52.3 cm³/mol. The Labute approximate surface area is 89.2 Å². The summed E-state index contributed by atoms with van der Waals surface area (Å²) < 4.78 is 9.33. The summed E-state index contributed by atoms with van der Waals surface area (Å²) in [5.41, 5.74) is -1.52. The predicted octanol–water partition coefficient (Wildman–Crippen LogP) is 1.87. The average Bonchev–Trinajstić information content (AvgIpc) is 2.27. The zero-order valence-corrected chi connectivity index (χ0v) is 9.66. The van der Waals surface area contributed by atoms with Gasteiger partial charge in [-0.05, 0) is 33.8 Å². The molecule has 1 heterocycles. The van der Waals surface area contributed by atoms with Crippen LogP contribution in [0.15, 0.2) is 11.8 Å². The molecule has 0 bridgehead atoms. The first kappa shape index (κ1) is 12.0. The lowest BCUT2D eigenvalue weighted by atomic mass is 10.1. The summed E-state index contributed by atoms with van der Waals surface area (Å²) in [6, 6.07) is 0. The van der Waals surface area contributed by atoms with Crippen molar-refractivity contribution < 1.29 is 19.5 Å². The van der Waals surface area contributed by atoms with Crippen LogP contribution >= 0.6 is 0 Å². The van der Waals surface area contributed by atoms with E-state index in [1.54, 1.807) is 33.8 Å². The molecule has 5 heteroatoms. The molecule has 5 nitrogen and oxygen atoms in total. The van der Waals surface area contributed by atoms with Gasteiger partial charge in [0, 0.05) is 0 Å². The third-order valence-electron chi connectivity index (χ3n) is 2.48. The summed E-state index contributed by atoms with van der Waals surface area (Å²) >= 11 is 0. The molecule has 0 aromatic carbocycles. The highest BCUT2D eigenvalue weighted by molar-refractivity contribution is 5.62. The third kappa shape index (κ3) is 1.98. The second-order valence-corrected chi connectivity index (χ2v) is 4.57. The van der Waals surface area contributed by atoms with Crippen molar-refractivity contribution in [2.45, 2.75) is 38.8 Å². The number of nitrogens with zero attached hydrogens (tertiary/aromatic N) is 1. The first-order chi connectivity index (χ1) is 6.71. The van der Waals surface area contributed by atoms with E-state index in [1.165, 1.54) is 7.11 Å². The second kappa shape index (κ2) is 3.50. The van der Waals surface area contributed by atoms with E-state index >= 15 is 0 Å². The van der Waals surface area contributed by atoms with E-state index in [4.69, 9.17) is 4.74 Å². The molecule has 0 atom stereocenters. The number of hydroxylamine groups is 2. The van der Waals surface area contributed by atoms with Crippen LogP contribution in [0, 0.1) is 0 Å².